The zero-order chi connectivity index (χ0) is 16.4. The molecule has 2 rings (SSSR count). The maximum absolute atomic E-state index is 11.9. The number of phenols is 6. The average Bonchev–Trinajstić information content (AvgIpc) is 2.41. The summed E-state index contributed by atoms with van der Waals surface area (Å²) in [7, 11) is 0. The Morgan fingerprint density at radius 3 is 1.18 bits per heavy atom. The predicted octanol–water partition coefficient (Wildman–Crippen LogP) is 1.27. The van der Waals surface area contributed by atoms with E-state index in [0.717, 1.165) is 24.3 Å². The highest BCUT2D eigenvalue weighted by Crippen LogP contribution is 2.37. The summed E-state index contributed by atoms with van der Waals surface area (Å²) in [6.07, 6.45) is -0.270. The normalized spacial score (nSPS) is 10.5. The van der Waals surface area contributed by atoms with Crippen LogP contribution in [0.2, 0.25) is 0 Å². The van der Waals surface area contributed by atoms with Gasteiger partial charge in [0.15, 0.2) is 34.5 Å². The van der Waals surface area contributed by atoms with E-state index in [1.807, 2.05) is 0 Å². The Morgan fingerprint density at radius 2 is 0.909 bits per heavy atom. The molecule has 0 saturated carbocycles. The van der Waals surface area contributed by atoms with Gasteiger partial charge >= 0.3 is 0 Å². The molecule has 116 valence electrons. The molecule has 0 amide bonds. The van der Waals surface area contributed by atoms with Crippen LogP contribution in [0.25, 0.3) is 0 Å². The fourth-order valence-corrected chi connectivity index (χ4v) is 2.04. The number of hydrogen-bond acceptors (Lipinski definition) is 7. The van der Waals surface area contributed by atoms with E-state index in [1.165, 1.54) is 0 Å². The minimum Gasteiger partial charge on any atom is -0.504 e. The third-order valence-corrected chi connectivity index (χ3v) is 3.06. The van der Waals surface area contributed by atoms with E-state index in [1.54, 1.807) is 0 Å². The van der Waals surface area contributed by atoms with Crippen LogP contribution in [0, 0.1) is 0 Å². The molecular formula is C15H14O7. The van der Waals surface area contributed by atoms with Crippen molar-refractivity contribution in [1.29, 1.82) is 0 Å². The number of hydrogen-bond donors (Lipinski definition) is 6. The molecule has 0 bridgehead atoms. The molecule has 2 aromatic rings. The summed E-state index contributed by atoms with van der Waals surface area (Å²) in [5, 5.41) is 55.9. The van der Waals surface area contributed by atoms with Crippen molar-refractivity contribution in [3.05, 3.63) is 35.4 Å². The van der Waals surface area contributed by atoms with Gasteiger partial charge in [0.2, 0.25) is 0 Å². The highest BCUT2D eigenvalue weighted by molar-refractivity contribution is 5.83. The van der Waals surface area contributed by atoms with Gasteiger partial charge in [-0.1, -0.05) is 0 Å². The van der Waals surface area contributed by atoms with Gasteiger partial charge in [0, 0.05) is 12.8 Å². The zero-order valence-corrected chi connectivity index (χ0v) is 11.3. The van der Waals surface area contributed by atoms with E-state index >= 15 is 0 Å². The Balaban J connectivity index is 2.14. The average molecular weight is 306 g/mol. The summed E-state index contributed by atoms with van der Waals surface area (Å²) in [5.41, 5.74) is 0.593. The summed E-state index contributed by atoms with van der Waals surface area (Å²) in [6.45, 7) is 0. The summed E-state index contributed by atoms with van der Waals surface area (Å²) in [5.74, 6) is -3.81. The third-order valence-electron chi connectivity index (χ3n) is 3.06. The molecule has 6 N–H and O–H groups in total. The van der Waals surface area contributed by atoms with Crippen LogP contribution < -0.4 is 0 Å². The molecule has 7 heteroatoms. The van der Waals surface area contributed by atoms with Crippen LogP contribution in [-0.4, -0.2) is 36.4 Å². The molecule has 0 radical (unpaired) electrons. The summed E-state index contributed by atoms with van der Waals surface area (Å²) in [6, 6.07) is 4.61. The van der Waals surface area contributed by atoms with Crippen LogP contribution in [0.3, 0.4) is 0 Å². The smallest absolute Gasteiger partial charge is 0.200 e. The molecular weight excluding hydrogens is 292 g/mol. The van der Waals surface area contributed by atoms with Crippen LogP contribution in [-0.2, 0) is 17.6 Å². The Hall–Kier alpha value is -3.09. The van der Waals surface area contributed by atoms with Gasteiger partial charge in [-0.2, -0.15) is 0 Å². The summed E-state index contributed by atoms with van der Waals surface area (Å²) < 4.78 is 0. The molecule has 2 aromatic carbocycles. The Morgan fingerprint density at radius 1 is 0.636 bits per heavy atom. The molecule has 0 aliphatic heterocycles. The summed E-state index contributed by atoms with van der Waals surface area (Å²) >= 11 is 0. The van der Waals surface area contributed by atoms with Crippen LogP contribution in [0.1, 0.15) is 11.1 Å². The highest BCUT2D eigenvalue weighted by atomic mass is 16.3. The highest BCUT2D eigenvalue weighted by Gasteiger charge is 2.14. The van der Waals surface area contributed by atoms with Crippen LogP contribution in [0.4, 0.5) is 0 Å². The molecule has 0 aliphatic rings. The largest absolute Gasteiger partial charge is 0.504 e. The van der Waals surface area contributed by atoms with Crippen molar-refractivity contribution in [1.82, 2.24) is 0 Å². The van der Waals surface area contributed by atoms with Crippen molar-refractivity contribution in [3.63, 3.8) is 0 Å². The monoisotopic (exact) mass is 306 g/mol. The molecule has 0 unspecified atom stereocenters. The van der Waals surface area contributed by atoms with E-state index in [-0.39, 0.29) is 18.6 Å². The fourth-order valence-electron chi connectivity index (χ4n) is 2.04. The standard InChI is InChI=1S/C15H14O7/c16-9(1-7-3-10(17)14(21)11(18)4-7)2-8-5-12(19)15(22)13(20)6-8/h3-6,17-22H,1-2H2. The molecule has 0 aromatic heterocycles. The van der Waals surface area contributed by atoms with E-state index in [9.17, 15) is 35.4 Å². The van der Waals surface area contributed by atoms with Gasteiger partial charge in [-0.25, -0.2) is 0 Å². The van der Waals surface area contributed by atoms with Crippen molar-refractivity contribution < 1.29 is 35.4 Å². The number of carbonyl (C=O) groups excluding carboxylic acids is 1. The summed E-state index contributed by atoms with van der Waals surface area (Å²) in [4.78, 5) is 11.9. The second-order valence-electron chi connectivity index (χ2n) is 4.86. The lowest BCUT2D eigenvalue weighted by Gasteiger charge is -2.07. The lowest BCUT2D eigenvalue weighted by Crippen LogP contribution is -2.06. The number of benzene rings is 2. The Kier molecular flexibility index (Phi) is 3.98. The second-order valence-corrected chi connectivity index (χ2v) is 4.86. The van der Waals surface area contributed by atoms with Gasteiger partial charge in [0.25, 0.3) is 0 Å². The number of rotatable bonds is 4. The molecule has 0 spiro atoms. The van der Waals surface area contributed by atoms with Crippen LogP contribution in [0.5, 0.6) is 34.5 Å². The van der Waals surface area contributed by atoms with E-state index in [0.29, 0.717) is 11.1 Å². The van der Waals surface area contributed by atoms with Crippen LogP contribution in [0.15, 0.2) is 24.3 Å². The first-order valence-electron chi connectivity index (χ1n) is 6.27. The number of carbonyl (C=O) groups is 1. The molecule has 0 fully saturated rings. The van der Waals surface area contributed by atoms with E-state index in [2.05, 4.69) is 0 Å². The van der Waals surface area contributed by atoms with Gasteiger partial charge in [-0.05, 0) is 35.4 Å². The Labute approximate surface area is 125 Å². The fraction of sp³-hybridized carbons (Fsp3) is 0.133. The van der Waals surface area contributed by atoms with E-state index < -0.39 is 34.5 Å². The first kappa shape index (κ1) is 15.3. The molecule has 0 atom stereocenters. The second kappa shape index (κ2) is 5.72. The van der Waals surface area contributed by atoms with E-state index in [4.69, 9.17) is 0 Å². The van der Waals surface area contributed by atoms with Gasteiger partial charge in [-0.3, -0.25) is 4.79 Å². The first-order valence-corrected chi connectivity index (χ1v) is 6.27. The topological polar surface area (TPSA) is 138 Å². The predicted molar refractivity (Wildman–Crippen MR) is 75.3 cm³/mol. The maximum atomic E-state index is 11.9. The molecule has 22 heavy (non-hydrogen) atoms. The SMILES string of the molecule is O=C(Cc1cc(O)c(O)c(O)c1)Cc1cc(O)c(O)c(O)c1. The van der Waals surface area contributed by atoms with Crippen molar-refractivity contribution in [3.8, 4) is 34.5 Å². The van der Waals surface area contributed by atoms with Gasteiger partial charge in [-0.15, -0.1) is 0 Å². The van der Waals surface area contributed by atoms with Crippen molar-refractivity contribution in [2.24, 2.45) is 0 Å². The number of Topliss-reactive ketones (excluding diaryl/α,β-unsaturated/α-hetero) is 1. The lowest BCUT2D eigenvalue weighted by atomic mass is 10.0. The van der Waals surface area contributed by atoms with Gasteiger partial charge in [0.05, 0.1) is 0 Å². The van der Waals surface area contributed by atoms with Crippen LogP contribution >= 0.6 is 0 Å². The maximum Gasteiger partial charge on any atom is 0.200 e. The molecule has 7 nitrogen and oxygen atoms in total. The lowest BCUT2D eigenvalue weighted by molar-refractivity contribution is -0.117. The van der Waals surface area contributed by atoms with Gasteiger partial charge in [0.1, 0.15) is 5.78 Å². The molecule has 0 heterocycles. The van der Waals surface area contributed by atoms with Crippen molar-refractivity contribution >= 4 is 5.78 Å². The number of phenolic OH excluding ortho intramolecular Hbond substituents is 6. The molecule has 0 aliphatic carbocycles. The van der Waals surface area contributed by atoms with Crippen molar-refractivity contribution in [2.75, 3.05) is 0 Å². The first-order chi connectivity index (χ1) is 10.3. The minimum atomic E-state index is -0.662. The molecule has 0 saturated heterocycles. The zero-order valence-electron chi connectivity index (χ0n) is 11.3. The van der Waals surface area contributed by atoms with Gasteiger partial charge < -0.3 is 30.6 Å². The quantitative estimate of drug-likeness (QED) is 0.468. The van der Waals surface area contributed by atoms with Crippen molar-refractivity contribution in [2.45, 2.75) is 12.8 Å². The third kappa shape index (κ3) is 3.14. The Bertz CT molecular complexity index is 629. The number of ketones is 1. The minimum absolute atomic E-state index is 0.135. The number of aromatic hydroxyl groups is 6.